The number of piperazine rings is 1. The number of amides is 1. The lowest BCUT2D eigenvalue weighted by Gasteiger charge is -2.26. The topological polar surface area (TPSA) is 113 Å². The molecule has 5 N–H and O–H groups in total. The summed E-state index contributed by atoms with van der Waals surface area (Å²) < 4.78 is 1.84. The second-order valence-corrected chi connectivity index (χ2v) is 8.97. The molecular weight excluding hydrogens is 392 g/mol. The second kappa shape index (κ2) is 7.21. The van der Waals surface area contributed by atoms with Crippen LogP contribution in [0.25, 0.3) is 5.65 Å². The van der Waals surface area contributed by atoms with E-state index in [0.717, 1.165) is 29.3 Å². The van der Waals surface area contributed by atoms with Crippen LogP contribution in [0.15, 0.2) is 30.3 Å². The number of aryl methyl sites for hydroxylation is 1. The van der Waals surface area contributed by atoms with Gasteiger partial charge in [-0.05, 0) is 42.3 Å². The van der Waals surface area contributed by atoms with E-state index < -0.39 is 0 Å². The Hall–Kier alpha value is -3.17. The van der Waals surface area contributed by atoms with Crippen molar-refractivity contribution >= 4 is 28.9 Å². The Kier molecular flexibility index (Phi) is 4.60. The maximum Gasteiger partial charge on any atom is 0.247 e. The summed E-state index contributed by atoms with van der Waals surface area (Å²) in [6, 6.07) is 10.1. The van der Waals surface area contributed by atoms with Crippen LogP contribution in [0.1, 0.15) is 30.7 Å². The van der Waals surface area contributed by atoms with E-state index in [4.69, 9.17) is 5.73 Å². The van der Waals surface area contributed by atoms with Crippen molar-refractivity contribution in [1.29, 1.82) is 0 Å². The number of hydrogen-bond acceptors (Lipinski definition) is 7. The summed E-state index contributed by atoms with van der Waals surface area (Å²) in [7, 11) is 0. The first-order valence-corrected chi connectivity index (χ1v) is 10.6. The highest BCUT2D eigenvalue weighted by Crippen LogP contribution is 2.42. The quantitative estimate of drug-likeness (QED) is 0.508. The zero-order valence-corrected chi connectivity index (χ0v) is 18.1. The maximum atomic E-state index is 11.7. The van der Waals surface area contributed by atoms with Gasteiger partial charge in [-0.25, -0.2) is 4.52 Å². The summed E-state index contributed by atoms with van der Waals surface area (Å²) in [6.07, 6.45) is -0.121. The van der Waals surface area contributed by atoms with Crippen molar-refractivity contribution in [3.8, 4) is 0 Å². The molecule has 0 radical (unpaired) electrons. The van der Waals surface area contributed by atoms with Gasteiger partial charge in [0.1, 0.15) is 0 Å². The van der Waals surface area contributed by atoms with E-state index in [9.17, 15) is 4.79 Å². The molecular formula is C22H28N8O. The molecule has 1 unspecified atom stereocenters. The number of carbonyl (C=O) groups excluding carboxylic acids is 1. The van der Waals surface area contributed by atoms with Gasteiger partial charge in [0, 0.05) is 36.4 Å². The molecule has 9 heteroatoms. The first kappa shape index (κ1) is 19.8. The third kappa shape index (κ3) is 3.49. The molecule has 31 heavy (non-hydrogen) atoms. The fourth-order valence-corrected chi connectivity index (χ4v) is 4.65. The van der Waals surface area contributed by atoms with Gasteiger partial charge >= 0.3 is 0 Å². The Morgan fingerprint density at radius 3 is 2.97 bits per heavy atom. The number of aromatic nitrogens is 3. The molecule has 1 atom stereocenters. The molecule has 1 amide bonds. The smallest absolute Gasteiger partial charge is 0.247 e. The molecule has 1 aromatic carbocycles. The average Bonchev–Trinajstić information content (AvgIpc) is 3.20. The third-order valence-electron chi connectivity index (χ3n) is 6.27. The van der Waals surface area contributed by atoms with Gasteiger partial charge in [-0.3, -0.25) is 9.69 Å². The number of hydrogen-bond donors (Lipinski definition) is 4. The SMILES string of the molecule is Cc1cc(Nc2nc3cccc(CN4CCNC(=O)C4)n3n2)cc2c1C(C)(C)C(N)N2. The van der Waals surface area contributed by atoms with Crippen LogP contribution in [0.3, 0.4) is 0 Å². The van der Waals surface area contributed by atoms with Crippen molar-refractivity contribution in [2.45, 2.75) is 38.9 Å². The van der Waals surface area contributed by atoms with Gasteiger partial charge in [0.15, 0.2) is 5.65 Å². The highest BCUT2D eigenvalue weighted by molar-refractivity contribution is 5.78. The number of nitrogens with zero attached hydrogens (tertiary/aromatic N) is 4. The highest BCUT2D eigenvalue weighted by Gasteiger charge is 2.38. The minimum absolute atomic E-state index is 0.0582. The Morgan fingerprint density at radius 2 is 2.16 bits per heavy atom. The average molecular weight is 421 g/mol. The van der Waals surface area contributed by atoms with E-state index in [2.05, 4.69) is 63.8 Å². The number of anilines is 3. The van der Waals surface area contributed by atoms with Crippen molar-refractivity contribution in [3.63, 3.8) is 0 Å². The van der Waals surface area contributed by atoms with Gasteiger partial charge < -0.3 is 21.7 Å². The number of nitrogens with two attached hydrogens (primary N) is 1. The summed E-state index contributed by atoms with van der Waals surface area (Å²) in [6.45, 7) is 8.96. The lowest BCUT2D eigenvalue weighted by atomic mass is 9.82. The van der Waals surface area contributed by atoms with E-state index in [1.54, 1.807) is 0 Å². The Bertz CT molecular complexity index is 1170. The molecule has 1 fully saturated rings. The van der Waals surface area contributed by atoms with Crippen LogP contribution < -0.4 is 21.7 Å². The van der Waals surface area contributed by atoms with E-state index >= 15 is 0 Å². The van der Waals surface area contributed by atoms with Crippen LogP contribution in [0.5, 0.6) is 0 Å². The Morgan fingerprint density at radius 1 is 1.32 bits per heavy atom. The largest absolute Gasteiger partial charge is 0.369 e. The molecule has 2 aliphatic heterocycles. The zero-order chi connectivity index (χ0) is 21.8. The number of rotatable bonds is 4. The first-order chi connectivity index (χ1) is 14.8. The highest BCUT2D eigenvalue weighted by atomic mass is 16.2. The molecule has 0 spiro atoms. The summed E-state index contributed by atoms with van der Waals surface area (Å²) in [5.41, 5.74) is 12.3. The van der Waals surface area contributed by atoms with E-state index in [1.807, 2.05) is 22.7 Å². The second-order valence-electron chi connectivity index (χ2n) is 8.97. The minimum Gasteiger partial charge on any atom is -0.369 e. The third-order valence-corrected chi connectivity index (χ3v) is 6.27. The van der Waals surface area contributed by atoms with Gasteiger partial charge in [-0.15, -0.1) is 5.10 Å². The molecule has 0 bridgehead atoms. The van der Waals surface area contributed by atoms with Crippen molar-refractivity contribution in [1.82, 2.24) is 24.8 Å². The number of fused-ring (bicyclic) bond motifs is 2. The first-order valence-electron chi connectivity index (χ1n) is 10.6. The fourth-order valence-electron chi connectivity index (χ4n) is 4.65. The van der Waals surface area contributed by atoms with Crippen LogP contribution >= 0.6 is 0 Å². The summed E-state index contributed by atoms with van der Waals surface area (Å²) >= 11 is 0. The van der Waals surface area contributed by atoms with Crippen molar-refractivity contribution in [3.05, 3.63) is 47.2 Å². The normalized spacial score (nSPS) is 20.4. The number of benzene rings is 1. The molecule has 5 rings (SSSR count). The summed E-state index contributed by atoms with van der Waals surface area (Å²) in [5.74, 6) is 0.590. The number of carbonyl (C=O) groups is 1. The van der Waals surface area contributed by atoms with Gasteiger partial charge in [0.05, 0.1) is 18.4 Å². The Labute approximate surface area is 181 Å². The van der Waals surface area contributed by atoms with Crippen molar-refractivity contribution < 1.29 is 4.79 Å². The van der Waals surface area contributed by atoms with Gasteiger partial charge in [-0.1, -0.05) is 19.9 Å². The maximum absolute atomic E-state index is 11.7. The lowest BCUT2D eigenvalue weighted by Crippen LogP contribution is -2.47. The molecule has 0 saturated carbocycles. The summed E-state index contributed by atoms with van der Waals surface area (Å²) in [4.78, 5) is 18.4. The monoisotopic (exact) mass is 420 g/mol. The Balaban J connectivity index is 1.41. The van der Waals surface area contributed by atoms with Crippen LogP contribution in [-0.2, 0) is 16.8 Å². The van der Waals surface area contributed by atoms with Crippen molar-refractivity contribution in [2.24, 2.45) is 5.73 Å². The molecule has 9 nitrogen and oxygen atoms in total. The zero-order valence-electron chi connectivity index (χ0n) is 18.1. The molecule has 162 valence electrons. The molecule has 2 aromatic heterocycles. The molecule has 0 aliphatic carbocycles. The van der Waals surface area contributed by atoms with Crippen molar-refractivity contribution in [2.75, 3.05) is 30.3 Å². The van der Waals surface area contributed by atoms with Gasteiger partial charge in [-0.2, -0.15) is 4.98 Å². The van der Waals surface area contributed by atoms with Crippen LogP contribution in [0.4, 0.5) is 17.3 Å². The van der Waals surface area contributed by atoms with Crippen LogP contribution in [-0.4, -0.2) is 51.2 Å². The lowest BCUT2D eigenvalue weighted by molar-refractivity contribution is -0.124. The fraction of sp³-hybridized carbons (Fsp3) is 0.409. The van der Waals surface area contributed by atoms with E-state index in [0.29, 0.717) is 25.6 Å². The van der Waals surface area contributed by atoms with E-state index in [1.165, 1.54) is 11.1 Å². The van der Waals surface area contributed by atoms with Crippen LogP contribution in [0.2, 0.25) is 0 Å². The van der Waals surface area contributed by atoms with E-state index in [-0.39, 0.29) is 17.5 Å². The molecule has 3 aromatic rings. The predicted molar refractivity (Wildman–Crippen MR) is 120 cm³/mol. The number of nitrogens with one attached hydrogen (secondary N) is 3. The molecule has 2 aliphatic rings. The predicted octanol–water partition coefficient (Wildman–Crippen LogP) is 1.70. The van der Waals surface area contributed by atoms with Gasteiger partial charge in [0.25, 0.3) is 0 Å². The summed E-state index contributed by atoms with van der Waals surface area (Å²) in [5, 5.41) is 14.3. The van der Waals surface area contributed by atoms with Gasteiger partial charge in [0.2, 0.25) is 11.9 Å². The minimum atomic E-state index is -0.125. The molecule has 4 heterocycles. The molecule has 1 saturated heterocycles. The van der Waals surface area contributed by atoms with Crippen LogP contribution in [0, 0.1) is 6.92 Å². The standard InChI is InChI=1S/C22H28N8O/c1-13-9-14(10-16-19(13)22(2,3)20(23)26-16)25-21-27-17-6-4-5-15(30(17)28-21)11-29-8-7-24-18(31)12-29/h4-6,9-10,20,26H,7-8,11-12,23H2,1-3H3,(H,24,31)(H,25,28). The number of pyridine rings is 1.